The van der Waals surface area contributed by atoms with Gasteiger partial charge in [0.25, 0.3) is 5.91 Å². The highest BCUT2D eigenvalue weighted by atomic mass is 16.4. The Morgan fingerprint density at radius 2 is 1.62 bits per heavy atom. The molecule has 2 heterocycles. The second-order valence-electron chi connectivity index (χ2n) is 8.43. The molecule has 2 aromatic carbocycles. The van der Waals surface area contributed by atoms with E-state index in [0.29, 0.717) is 11.1 Å². The number of carboxylic acid groups (broad SMARTS) is 1. The second kappa shape index (κ2) is 9.32. The maximum Gasteiger partial charge on any atom is 0.335 e. The topological polar surface area (TPSA) is 73.7 Å². The minimum atomic E-state index is -0.918. The van der Waals surface area contributed by atoms with Gasteiger partial charge in [-0.3, -0.25) is 14.7 Å². The van der Waals surface area contributed by atoms with E-state index in [-0.39, 0.29) is 18.0 Å². The SMILES string of the molecule is C[C@@H]1CN(Cc2ccc(C(=O)O)cc2)C[C@H](C)N1C(=O)c1cccc(-c2cccnc2)c1. The summed E-state index contributed by atoms with van der Waals surface area (Å²) < 4.78 is 0. The number of pyridine rings is 1. The summed E-state index contributed by atoms with van der Waals surface area (Å²) in [7, 11) is 0. The number of carbonyl (C=O) groups excluding carboxylic acids is 1. The number of piperazine rings is 1. The minimum absolute atomic E-state index is 0.0428. The van der Waals surface area contributed by atoms with E-state index in [2.05, 4.69) is 23.7 Å². The third-order valence-electron chi connectivity index (χ3n) is 5.94. The zero-order chi connectivity index (χ0) is 22.7. The highest BCUT2D eigenvalue weighted by molar-refractivity contribution is 5.96. The number of rotatable bonds is 5. The van der Waals surface area contributed by atoms with E-state index in [0.717, 1.165) is 36.3 Å². The van der Waals surface area contributed by atoms with E-state index in [4.69, 9.17) is 5.11 Å². The predicted octanol–water partition coefficient (Wildman–Crippen LogP) is 4.18. The number of nitrogens with zero attached hydrogens (tertiary/aromatic N) is 3. The van der Waals surface area contributed by atoms with Crippen LogP contribution in [0.1, 0.15) is 40.1 Å². The number of hydrogen-bond acceptors (Lipinski definition) is 4. The van der Waals surface area contributed by atoms with Crippen LogP contribution in [0.2, 0.25) is 0 Å². The maximum atomic E-state index is 13.4. The normalized spacial score (nSPS) is 19.0. The third-order valence-corrected chi connectivity index (χ3v) is 5.94. The molecule has 1 saturated heterocycles. The van der Waals surface area contributed by atoms with Gasteiger partial charge in [-0.25, -0.2) is 4.79 Å². The molecule has 0 spiro atoms. The maximum absolute atomic E-state index is 13.4. The van der Waals surface area contributed by atoms with E-state index in [1.165, 1.54) is 0 Å². The Morgan fingerprint density at radius 3 is 2.25 bits per heavy atom. The van der Waals surface area contributed by atoms with Crippen LogP contribution in [0.4, 0.5) is 0 Å². The summed E-state index contributed by atoms with van der Waals surface area (Å²) in [4.78, 5) is 32.9. The van der Waals surface area contributed by atoms with Gasteiger partial charge in [-0.05, 0) is 55.3 Å². The molecule has 32 heavy (non-hydrogen) atoms. The summed E-state index contributed by atoms with van der Waals surface area (Å²) in [6.07, 6.45) is 3.54. The molecule has 2 atom stereocenters. The highest BCUT2D eigenvalue weighted by Gasteiger charge is 2.33. The molecule has 1 aliphatic rings. The van der Waals surface area contributed by atoms with Crippen molar-refractivity contribution >= 4 is 11.9 Å². The van der Waals surface area contributed by atoms with Crippen molar-refractivity contribution in [2.75, 3.05) is 13.1 Å². The standard InChI is InChI=1S/C26H27N3O3/c1-18-15-28(17-20-8-10-21(11-9-20)26(31)32)16-19(2)29(18)25(30)23-6-3-5-22(13-23)24-7-4-12-27-14-24/h3-14,18-19H,15-17H2,1-2H3,(H,31,32)/t18-,19+. The fraction of sp³-hybridized carbons (Fsp3) is 0.269. The Labute approximate surface area is 188 Å². The van der Waals surface area contributed by atoms with Crippen molar-refractivity contribution in [3.05, 3.63) is 89.7 Å². The molecule has 1 N–H and O–H groups in total. The van der Waals surface area contributed by atoms with Crippen LogP contribution < -0.4 is 0 Å². The number of hydrogen-bond donors (Lipinski definition) is 1. The van der Waals surface area contributed by atoms with Gasteiger partial charge >= 0.3 is 5.97 Å². The van der Waals surface area contributed by atoms with Crippen molar-refractivity contribution in [1.29, 1.82) is 0 Å². The first-order chi connectivity index (χ1) is 15.4. The molecule has 164 valence electrons. The van der Waals surface area contributed by atoms with Crippen molar-refractivity contribution in [3.63, 3.8) is 0 Å². The molecule has 0 saturated carbocycles. The minimum Gasteiger partial charge on any atom is -0.478 e. The average Bonchev–Trinajstić information content (AvgIpc) is 2.79. The van der Waals surface area contributed by atoms with E-state index in [1.54, 1.807) is 24.5 Å². The first-order valence-corrected chi connectivity index (χ1v) is 10.8. The lowest BCUT2D eigenvalue weighted by atomic mass is 10.0. The van der Waals surface area contributed by atoms with Crippen LogP contribution in [-0.4, -0.2) is 56.9 Å². The van der Waals surface area contributed by atoms with Crippen molar-refractivity contribution in [3.8, 4) is 11.1 Å². The summed E-state index contributed by atoms with van der Waals surface area (Å²) >= 11 is 0. The van der Waals surface area contributed by atoms with Gasteiger partial charge in [0.15, 0.2) is 0 Å². The molecular formula is C26H27N3O3. The van der Waals surface area contributed by atoms with Gasteiger partial charge in [0.2, 0.25) is 0 Å². The lowest BCUT2D eigenvalue weighted by Gasteiger charge is -2.44. The zero-order valence-corrected chi connectivity index (χ0v) is 18.3. The van der Waals surface area contributed by atoms with Crippen molar-refractivity contribution in [2.45, 2.75) is 32.5 Å². The van der Waals surface area contributed by atoms with E-state index >= 15 is 0 Å². The molecule has 0 radical (unpaired) electrons. The summed E-state index contributed by atoms with van der Waals surface area (Å²) in [6, 6.07) is 18.7. The van der Waals surface area contributed by atoms with Crippen LogP contribution in [0.15, 0.2) is 73.1 Å². The van der Waals surface area contributed by atoms with Gasteiger partial charge in [0.1, 0.15) is 0 Å². The van der Waals surface area contributed by atoms with Gasteiger partial charge in [0, 0.05) is 55.2 Å². The molecule has 1 aliphatic heterocycles. The Morgan fingerprint density at radius 1 is 0.938 bits per heavy atom. The van der Waals surface area contributed by atoms with Crippen LogP contribution in [0.3, 0.4) is 0 Å². The fourth-order valence-corrected chi connectivity index (χ4v) is 4.49. The average molecular weight is 430 g/mol. The number of carbonyl (C=O) groups is 2. The van der Waals surface area contributed by atoms with Crippen LogP contribution in [-0.2, 0) is 6.54 Å². The number of aromatic nitrogens is 1. The summed E-state index contributed by atoms with van der Waals surface area (Å²) in [5.41, 5.74) is 4.01. The van der Waals surface area contributed by atoms with E-state index < -0.39 is 5.97 Å². The summed E-state index contributed by atoms with van der Waals surface area (Å²) in [5, 5.41) is 9.07. The van der Waals surface area contributed by atoms with Gasteiger partial charge in [-0.15, -0.1) is 0 Å². The highest BCUT2D eigenvalue weighted by Crippen LogP contribution is 2.24. The van der Waals surface area contributed by atoms with Crippen molar-refractivity contribution < 1.29 is 14.7 Å². The molecule has 6 nitrogen and oxygen atoms in total. The summed E-state index contributed by atoms with van der Waals surface area (Å²) in [5.74, 6) is -0.875. The van der Waals surface area contributed by atoms with Crippen LogP contribution in [0.25, 0.3) is 11.1 Å². The van der Waals surface area contributed by atoms with Gasteiger partial charge in [-0.2, -0.15) is 0 Å². The number of aromatic carboxylic acids is 1. The van der Waals surface area contributed by atoms with Crippen LogP contribution in [0, 0.1) is 0 Å². The first-order valence-electron chi connectivity index (χ1n) is 10.8. The Bertz CT molecular complexity index is 1090. The Kier molecular flexibility index (Phi) is 6.32. The molecule has 1 fully saturated rings. The predicted molar refractivity (Wildman–Crippen MR) is 123 cm³/mol. The van der Waals surface area contributed by atoms with Crippen LogP contribution >= 0.6 is 0 Å². The molecule has 1 aromatic heterocycles. The number of carboxylic acids is 1. The van der Waals surface area contributed by atoms with Crippen LogP contribution in [0.5, 0.6) is 0 Å². The zero-order valence-electron chi connectivity index (χ0n) is 18.3. The smallest absolute Gasteiger partial charge is 0.335 e. The first kappa shape index (κ1) is 21.7. The van der Waals surface area contributed by atoms with Gasteiger partial charge in [-0.1, -0.05) is 30.3 Å². The quantitative estimate of drug-likeness (QED) is 0.659. The van der Waals surface area contributed by atoms with E-state index in [1.807, 2.05) is 53.4 Å². The summed E-state index contributed by atoms with van der Waals surface area (Å²) in [6.45, 7) is 6.42. The fourth-order valence-electron chi connectivity index (χ4n) is 4.49. The Hall–Kier alpha value is -3.51. The molecule has 4 rings (SSSR count). The van der Waals surface area contributed by atoms with Crippen molar-refractivity contribution in [2.24, 2.45) is 0 Å². The Balaban J connectivity index is 1.45. The monoisotopic (exact) mass is 429 g/mol. The molecule has 0 bridgehead atoms. The lowest BCUT2D eigenvalue weighted by molar-refractivity contribution is 0.0268. The second-order valence-corrected chi connectivity index (χ2v) is 8.43. The molecule has 0 unspecified atom stereocenters. The molecular weight excluding hydrogens is 402 g/mol. The van der Waals surface area contributed by atoms with Gasteiger partial charge in [0.05, 0.1) is 5.56 Å². The lowest BCUT2D eigenvalue weighted by Crippen LogP contribution is -2.58. The molecule has 6 heteroatoms. The van der Waals surface area contributed by atoms with Crippen molar-refractivity contribution in [1.82, 2.24) is 14.8 Å². The third kappa shape index (κ3) is 4.70. The molecule has 3 aromatic rings. The van der Waals surface area contributed by atoms with Gasteiger partial charge < -0.3 is 10.0 Å². The van der Waals surface area contributed by atoms with E-state index in [9.17, 15) is 9.59 Å². The largest absolute Gasteiger partial charge is 0.478 e. The molecule has 1 amide bonds. The number of amides is 1. The number of benzene rings is 2. The molecule has 0 aliphatic carbocycles.